The fourth-order valence-electron chi connectivity index (χ4n) is 2.41. The molecule has 1 aromatic heterocycles. The first-order valence-electron chi connectivity index (χ1n) is 6.72. The van der Waals surface area contributed by atoms with Gasteiger partial charge < -0.3 is 10.1 Å². The second-order valence-electron chi connectivity index (χ2n) is 5.02. The monoisotopic (exact) mass is 385 g/mol. The summed E-state index contributed by atoms with van der Waals surface area (Å²) in [5, 5.41) is 12.6. The molecule has 0 saturated carbocycles. The average Bonchev–Trinajstić information content (AvgIpc) is 2.98. The highest BCUT2D eigenvalue weighted by Gasteiger charge is 2.19. The lowest BCUT2D eigenvalue weighted by Crippen LogP contribution is -2.00. The number of H-pyrrole nitrogens is 1. The molecule has 6 heteroatoms. The van der Waals surface area contributed by atoms with Crippen molar-refractivity contribution in [3.8, 4) is 11.1 Å². The van der Waals surface area contributed by atoms with Crippen LogP contribution in [0.3, 0.4) is 0 Å². The normalized spacial score (nSPS) is 12.4. The molecule has 0 saturated heterocycles. The Balaban J connectivity index is 2.04. The minimum atomic E-state index is -0.863. The number of benzene rings is 2. The van der Waals surface area contributed by atoms with E-state index in [1.807, 2.05) is 6.07 Å². The Bertz CT molecular complexity index is 860. The maximum absolute atomic E-state index is 10.7. The molecular weight excluding hydrogens is 376 g/mol. The van der Waals surface area contributed by atoms with E-state index in [1.54, 1.807) is 42.7 Å². The van der Waals surface area contributed by atoms with Crippen LogP contribution >= 0.6 is 46.4 Å². The van der Waals surface area contributed by atoms with E-state index in [0.717, 1.165) is 11.1 Å². The number of hydrogen-bond acceptors (Lipinski definition) is 1. The summed E-state index contributed by atoms with van der Waals surface area (Å²) >= 11 is 24.2. The Kier molecular flexibility index (Phi) is 4.90. The zero-order valence-electron chi connectivity index (χ0n) is 11.7. The molecule has 0 spiro atoms. The van der Waals surface area contributed by atoms with E-state index in [-0.39, 0.29) is 0 Å². The van der Waals surface area contributed by atoms with Crippen molar-refractivity contribution in [2.24, 2.45) is 0 Å². The number of aromatic nitrogens is 1. The van der Waals surface area contributed by atoms with Gasteiger partial charge in [0.15, 0.2) is 0 Å². The van der Waals surface area contributed by atoms with Crippen molar-refractivity contribution in [3.05, 3.63) is 80.0 Å². The number of halogens is 4. The molecule has 0 fully saturated rings. The third-order valence-corrected chi connectivity index (χ3v) is 4.84. The lowest BCUT2D eigenvalue weighted by atomic mass is 9.97. The van der Waals surface area contributed by atoms with Crippen molar-refractivity contribution in [2.45, 2.75) is 6.10 Å². The molecule has 1 heterocycles. The number of rotatable bonds is 3. The number of aromatic amines is 1. The summed E-state index contributed by atoms with van der Waals surface area (Å²) in [5.74, 6) is 0. The third-order valence-electron chi connectivity index (χ3n) is 3.55. The first-order chi connectivity index (χ1) is 11.0. The Morgan fingerprint density at radius 1 is 0.783 bits per heavy atom. The molecule has 0 amide bonds. The molecular formula is C17H11Cl4NO. The van der Waals surface area contributed by atoms with Gasteiger partial charge in [-0.1, -0.05) is 58.5 Å². The molecule has 0 aliphatic heterocycles. The van der Waals surface area contributed by atoms with Crippen LogP contribution in [-0.2, 0) is 0 Å². The highest BCUT2D eigenvalue weighted by molar-refractivity contribution is 6.42. The lowest BCUT2D eigenvalue weighted by molar-refractivity contribution is 0.221. The van der Waals surface area contributed by atoms with Crippen LogP contribution in [0.4, 0.5) is 0 Å². The van der Waals surface area contributed by atoms with E-state index >= 15 is 0 Å². The van der Waals surface area contributed by atoms with Crippen LogP contribution in [0.15, 0.2) is 48.8 Å². The van der Waals surface area contributed by atoms with Crippen LogP contribution in [-0.4, -0.2) is 10.1 Å². The van der Waals surface area contributed by atoms with Crippen LogP contribution in [0.1, 0.15) is 17.2 Å². The van der Waals surface area contributed by atoms with Crippen LogP contribution < -0.4 is 0 Å². The standard InChI is InChI=1S/C17H11Cl4NO/c18-10-2-3-11(15(20)6-10)12-7-22-8-13(12)17(23)9-1-4-14(19)16(21)5-9/h1-8,17,22-23H. The van der Waals surface area contributed by atoms with E-state index < -0.39 is 6.10 Å². The molecule has 118 valence electrons. The summed E-state index contributed by atoms with van der Waals surface area (Å²) in [7, 11) is 0. The number of aliphatic hydroxyl groups is 1. The molecule has 3 rings (SSSR count). The molecule has 0 aliphatic rings. The van der Waals surface area contributed by atoms with Gasteiger partial charge in [-0.2, -0.15) is 0 Å². The zero-order chi connectivity index (χ0) is 16.6. The van der Waals surface area contributed by atoms with Crippen molar-refractivity contribution in [3.63, 3.8) is 0 Å². The fraction of sp³-hybridized carbons (Fsp3) is 0.0588. The van der Waals surface area contributed by atoms with Crippen LogP contribution in [0, 0.1) is 0 Å². The first kappa shape index (κ1) is 16.7. The Morgan fingerprint density at radius 2 is 1.57 bits per heavy atom. The molecule has 23 heavy (non-hydrogen) atoms. The summed E-state index contributed by atoms with van der Waals surface area (Å²) in [6, 6.07) is 10.3. The van der Waals surface area contributed by atoms with Gasteiger partial charge in [0.2, 0.25) is 0 Å². The molecule has 0 bridgehead atoms. The Hall–Kier alpha value is -1.16. The van der Waals surface area contributed by atoms with Crippen molar-refractivity contribution in [1.82, 2.24) is 4.98 Å². The second-order valence-corrected chi connectivity index (χ2v) is 6.68. The molecule has 1 atom stereocenters. The molecule has 3 aromatic rings. The molecule has 2 N–H and O–H groups in total. The zero-order valence-corrected chi connectivity index (χ0v) is 14.7. The second kappa shape index (κ2) is 6.76. The quantitative estimate of drug-likeness (QED) is 0.538. The topological polar surface area (TPSA) is 36.0 Å². The SMILES string of the molecule is OC(c1ccc(Cl)c(Cl)c1)c1c[nH]cc1-c1ccc(Cl)cc1Cl. The molecule has 2 aromatic carbocycles. The first-order valence-corrected chi connectivity index (χ1v) is 8.23. The van der Waals surface area contributed by atoms with Gasteiger partial charge in [0.1, 0.15) is 6.10 Å². The summed E-state index contributed by atoms with van der Waals surface area (Å²) in [5.41, 5.74) is 2.91. The van der Waals surface area contributed by atoms with Crippen LogP contribution in [0.25, 0.3) is 11.1 Å². The Labute approximate surface area is 153 Å². The van der Waals surface area contributed by atoms with E-state index in [2.05, 4.69) is 4.98 Å². The molecule has 0 radical (unpaired) electrons. The summed E-state index contributed by atoms with van der Waals surface area (Å²) < 4.78 is 0. The van der Waals surface area contributed by atoms with Gasteiger partial charge in [-0.05, 0) is 29.8 Å². The van der Waals surface area contributed by atoms with E-state index in [9.17, 15) is 5.11 Å². The highest BCUT2D eigenvalue weighted by atomic mass is 35.5. The maximum Gasteiger partial charge on any atom is 0.106 e. The molecule has 2 nitrogen and oxygen atoms in total. The van der Waals surface area contributed by atoms with Gasteiger partial charge in [0, 0.05) is 39.1 Å². The van der Waals surface area contributed by atoms with E-state index in [1.165, 1.54) is 0 Å². The fourth-order valence-corrected chi connectivity index (χ4v) is 3.22. The van der Waals surface area contributed by atoms with Crippen molar-refractivity contribution in [1.29, 1.82) is 0 Å². The minimum Gasteiger partial charge on any atom is -0.384 e. The number of nitrogens with one attached hydrogen (secondary N) is 1. The maximum atomic E-state index is 10.7. The van der Waals surface area contributed by atoms with Gasteiger partial charge in [0.05, 0.1) is 10.0 Å². The predicted molar refractivity (Wildman–Crippen MR) is 96.8 cm³/mol. The van der Waals surface area contributed by atoms with Crippen molar-refractivity contribution >= 4 is 46.4 Å². The summed E-state index contributed by atoms with van der Waals surface area (Å²) in [4.78, 5) is 3.00. The largest absolute Gasteiger partial charge is 0.384 e. The van der Waals surface area contributed by atoms with Crippen LogP contribution in [0.5, 0.6) is 0 Å². The van der Waals surface area contributed by atoms with Crippen molar-refractivity contribution in [2.75, 3.05) is 0 Å². The van der Waals surface area contributed by atoms with Gasteiger partial charge in [0.25, 0.3) is 0 Å². The summed E-state index contributed by atoms with van der Waals surface area (Å²) in [6.07, 6.45) is 2.65. The predicted octanol–water partition coefficient (Wildman–Crippen LogP) is 6.38. The smallest absolute Gasteiger partial charge is 0.106 e. The Morgan fingerprint density at radius 3 is 2.26 bits per heavy atom. The van der Waals surface area contributed by atoms with Gasteiger partial charge >= 0.3 is 0 Å². The van der Waals surface area contributed by atoms with Crippen LogP contribution in [0.2, 0.25) is 20.1 Å². The number of hydrogen-bond donors (Lipinski definition) is 2. The van der Waals surface area contributed by atoms with E-state index in [4.69, 9.17) is 46.4 Å². The van der Waals surface area contributed by atoms with Crippen molar-refractivity contribution < 1.29 is 5.11 Å². The van der Waals surface area contributed by atoms with Gasteiger partial charge in [-0.15, -0.1) is 0 Å². The molecule has 0 aliphatic carbocycles. The lowest BCUT2D eigenvalue weighted by Gasteiger charge is -2.14. The highest BCUT2D eigenvalue weighted by Crippen LogP contribution is 2.37. The third kappa shape index (κ3) is 3.37. The van der Waals surface area contributed by atoms with Gasteiger partial charge in [-0.3, -0.25) is 0 Å². The summed E-state index contributed by atoms with van der Waals surface area (Å²) in [6.45, 7) is 0. The minimum absolute atomic E-state index is 0.393. The molecule has 1 unspecified atom stereocenters. The average molecular weight is 387 g/mol. The number of aliphatic hydroxyl groups excluding tert-OH is 1. The van der Waals surface area contributed by atoms with Gasteiger partial charge in [-0.25, -0.2) is 0 Å². The van der Waals surface area contributed by atoms with E-state index in [0.29, 0.717) is 31.2 Å².